The summed E-state index contributed by atoms with van der Waals surface area (Å²) in [5, 5.41) is 0. The average Bonchev–Trinajstić information content (AvgIpc) is 3.06. The molecule has 1 aliphatic heterocycles. The fraction of sp³-hybridized carbons (Fsp3) is 0.476. The summed E-state index contributed by atoms with van der Waals surface area (Å²) in [7, 11) is 1.44. The summed E-state index contributed by atoms with van der Waals surface area (Å²) < 4.78 is 12.0. The Morgan fingerprint density at radius 2 is 2.04 bits per heavy atom. The van der Waals surface area contributed by atoms with Gasteiger partial charge in [-0.3, -0.25) is 0 Å². The number of hydrogen-bond acceptors (Lipinski definition) is 4. The van der Waals surface area contributed by atoms with Gasteiger partial charge in [-0.05, 0) is 71.3 Å². The summed E-state index contributed by atoms with van der Waals surface area (Å²) in [5.74, 6) is 1.42. The number of hydrogen-bond donors (Lipinski definition) is 0. The highest BCUT2D eigenvalue weighted by Gasteiger charge is 2.24. The lowest BCUT2D eigenvalue weighted by molar-refractivity contribution is 0.112. The lowest BCUT2D eigenvalue weighted by Crippen LogP contribution is -2.37. The third kappa shape index (κ3) is 4.85. The Morgan fingerprint density at radius 1 is 1.30 bits per heavy atom. The summed E-state index contributed by atoms with van der Waals surface area (Å²) in [6.45, 7) is 6.35. The zero-order valence-corrected chi connectivity index (χ0v) is 18.5. The Hall–Kier alpha value is -1.53. The molecule has 0 aliphatic carbocycles. The number of likely N-dealkylation sites (tertiary alicyclic amines) is 1. The number of benzene rings is 1. The Bertz CT molecular complexity index is 797. The van der Waals surface area contributed by atoms with Crippen molar-refractivity contribution in [1.82, 2.24) is 4.90 Å². The van der Waals surface area contributed by atoms with Crippen LogP contribution in [0.5, 0.6) is 5.75 Å². The number of piperidine rings is 1. The molecule has 1 saturated heterocycles. The van der Waals surface area contributed by atoms with Crippen LogP contribution in [0.1, 0.15) is 47.3 Å². The fourth-order valence-corrected chi connectivity index (χ4v) is 5.18. The minimum Gasteiger partial charge on any atom is -0.489 e. The molecule has 2 heterocycles. The van der Waals surface area contributed by atoms with Gasteiger partial charge in [-0.25, -0.2) is 4.79 Å². The van der Waals surface area contributed by atoms with E-state index in [0.717, 1.165) is 47.5 Å². The van der Waals surface area contributed by atoms with E-state index in [9.17, 15) is 4.79 Å². The first kappa shape index (κ1) is 20.2. The molecule has 0 spiro atoms. The molecule has 1 aromatic heterocycles. The number of nitrogens with zero attached hydrogens (tertiary/aromatic N) is 1. The monoisotopic (exact) mass is 451 g/mol. The van der Waals surface area contributed by atoms with Gasteiger partial charge < -0.3 is 14.4 Å². The van der Waals surface area contributed by atoms with Crippen LogP contribution < -0.4 is 4.74 Å². The highest BCUT2D eigenvalue weighted by Crippen LogP contribution is 2.33. The molecule has 146 valence electrons. The lowest BCUT2D eigenvalue weighted by atomic mass is 9.88. The number of rotatable bonds is 5. The van der Waals surface area contributed by atoms with Gasteiger partial charge in [-0.1, -0.05) is 19.1 Å². The van der Waals surface area contributed by atoms with E-state index >= 15 is 0 Å². The molecule has 1 aliphatic rings. The molecule has 0 N–H and O–H groups in total. The molecule has 27 heavy (non-hydrogen) atoms. The van der Waals surface area contributed by atoms with Gasteiger partial charge in [0, 0.05) is 23.5 Å². The molecule has 6 heteroatoms. The van der Waals surface area contributed by atoms with Gasteiger partial charge in [0.25, 0.3) is 0 Å². The first-order chi connectivity index (χ1) is 13.0. The highest BCUT2D eigenvalue weighted by atomic mass is 79.9. The van der Waals surface area contributed by atoms with E-state index in [1.165, 1.54) is 23.1 Å². The minimum atomic E-state index is -0.223. The zero-order chi connectivity index (χ0) is 19.4. The second-order valence-corrected chi connectivity index (χ2v) is 9.36. The van der Waals surface area contributed by atoms with E-state index < -0.39 is 0 Å². The van der Waals surface area contributed by atoms with E-state index in [1.807, 2.05) is 0 Å². The summed E-state index contributed by atoms with van der Waals surface area (Å²) in [5.41, 5.74) is 3.69. The molecule has 0 unspecified atom stereocenters. The van der Waals surface area contributed by atoms with E-state index in [2.05, 4.69) is 54.0 Å². The summed E-state index contributed by atoms with van der Waals surface area (Å²) >= 11 is 5.41. The standard InChI is InChI=1S/C21H26BrNO3S/c1-4-18-12-17(20(22)27-18)13-26-19-6-5-16(11-14(19)2)15-7-9-23(10-8-15)21(24)25-3/h5-6,11-12,15H,4,7-10,13H2,1-3H3. The molecule has 0 atom stereocenters. The molecule has 0 bridgehead atoms. The molecule has 1 fully saturated rings. The number of carbonyl (C=O) groups excluding carboxylic acids is 1. The van der Waals surface area contributed by atoms with Crippen LogP contribution in [0, 0.1) is 6.92 Å². The van der Waals surface area contributed by atoms with Crippen LogP contribution in [0.4, 0.5) is 4.79 Å². The van der Waals surface area contributed by atoms with E-state index in [-0.39, 0.29) is 6.09 Å². The quantitative estimate of drug-likeness (QED) is 0.567. The molecule has 1 aromatic carbocycles. The average molecular weight is 452 g/mol. The van der Waals surface area contributed by atoms with Crippen LogP contribution in [0.15, 0.2) is 28.1 Å². The first-order valence-corrected chi connectivity index (χ1v) is 11.0. The van der Waals surface area contributed by atoms with Crippen molar-refractivity contribution in [1.29, 1.82) is 0 Å². The Morgan fingerprint density at radius 3 is 2.63 bits per heavy atom. The van der Waals surface area contributed by atoms with Crippen LogP contribution in [0.2, 0.25) is 0 Å². The summed E-state index contributed by atoms with van der Waals surface area (Å²) in [6.07, 6.45) is 2.76. The zero-order valence-electron chi connectivity index (χ0n) is 16.1. The van der Waals surface area contributed by atoms with E-state index in [1.54, 1.807) is 16.2 Å². The van der Waals surface area contributed by atoms with Crippen molar-refractivity contribution in [2.45, 2.75) is 45.6 Å². The topological polar surface area (TPSA) is 38.8 Å². The van der Waals surface area contributed by atoms with Crippen molar-refractivity contribution in [2.75, 3.05) is 20.2 Å². The molecular formula is C21H26BrNO3S. The third-order valence-corrected chi connectivity index (χ3v) is 7.24. The number of amides is 1. The summed E-state index contributed by atoms with van der Waals surface area (Å²) in [4.78, 5) is 14.8. The van der Waals surface area contributed by atoms with Crippen molar-refractivity contribution >= 4 is 33.4 Å². The maximum absolute atomic E-state index is 11.6. The number of thiophene rings is 1. The molecule has 0 saturated carbocycles. The normalized spacial score (nSPS) is 15.0. The molecule has 1 amide bonds. The van der Waals surface area contributed by atoms with E-state index in [4.69, 9.17) is 9.47 Å². The van der Waals surface area contributed by atoms with Gasteiger partial charge >= 0.3 is 6.09 Å². The lowest BCUT2D eigenvalue weighted by Gasteiger charge is -2.31. The van der Waals surface area contributed by atoms with Crippen molar-refractivity contribution in [3.8, 4) is 5.75 Å². The highest BCUT2D eigenvalue weighted by molar-refractivity contribution is 9.11. The smallest absolute Gasteiger partial charge is 0.409 e. The van der Waals surface area contributed by atoms with Crippen LogP contribution in [0.25, 0.3) is 0 Å². The second-order valence-electron chi connectivity index (χ2n) is 6.91. The van der Waals surface area contributed by atoms with Gasteiger partial charge in [0.1, 0.15) is 12.4 Å². The van der Waals surface area contributed by atoms with Crippen molar-refractivity contribution in [3.05, 3.63) is 49.6 Å². The van der Waals surface area contributed by atoms with Gasteiger partial charge in [0.2, 0.25) is 0 Å². The number of carbonyl (C=O) groups is 1. The Kier molecular flexibility index (Phi) is 6.82. The summed E-state index contributed by atoms with van der Waals surface area (Å²) in [6, 6.07) is 8.70. The number of methoxy groups -OCH3 is 1. The predicted molar refractivity (Wildman–Crippen MR) is 113 cm³/mol. The third-order valence-electron chi connectivity index (χ3n) is 5.14. The van der Waals surface area contributed by atoms with Crippen molar-refractivity contribution < 1.29 is 14.3 Å². The van der Waals surface area contributed by atoms with Crippen molar-refractivity contribution in [2.24, 2.45) is 0 Å². The van der Waals surface area contributed by atoms with Crippen LogP contribution in [-0.4, -0.2) is 31.2 Å². The van der Waals surface area contributed by atoms with E-state index in [0.29, 0.717) is 12.5 Å². The van der Waals surface area contributed by atoms with Gasteiger partial charge in [-0.2, -0.15) is 0 Å². The molecule has 0 radical (unpaired) electrons. The SMILES string of the molecule is CCc1cc(COc2ccc(C3CCN(C(=O)OC)CC3)cc2C)c(Br)s1. The van der Waals surface area contributed by atoms with Crippen molar-refractivity contribution in [3.63, 3.8) is 0 Å². The molecule has 2 aromatic rings. The fourth-order valence-electron chi connectivity index (χ4n) is 3.50. The molecule has 4 nitrogen and oxygen atoms in total. The number of aryl methyl sites for hydroxylation is 2. The molecule has 3 rings (SSSR count). The maximum Gasteiger partial charge on any atom is 0.409 e. The number of ether oxygens (including phenoxy) is 2. The Balaban J connectivity index is 1.60. The predicted octanol–water partition coefficient (Wildman–Crippen LogP) is 5.91. The number of halogens is 1. The Labute approximate surface area is 173 Å². The second kappa shape index (κ2) is 9.11. The van der Waals surface area contributed by atoms with Gasteiger partial charge in [-0.15, -0.1) is 11.3 Å². The van der Waals surface area contributed by atoms with Crippen LogP contribution in [-0.2, 0) is 17.8 Å². The minimum absolute atomic E-state index is 0.223. The largest absolute Gasteiger partial charge is 0.489 e. The first-order valence-electron chi connectivity index (χ1n) is 9.35. The molecular weight excluding hydrogens is 426 g/mol. The maximum atomic E-state index is 11.6. The van der Waals surface area contributed by atoms with Gasteiger partial charge in [0.05, 0.1) is 10.9 Å². The van der Waals surface area contributed by atoms with Crippen LogP contribution in [0.3, 0.4) is 0 Å². The van der Waals surface area contributed by atoms with Gasteiger partial charge in [0.15, 0.2) is 0 Å². The van der Waals surface area contributed by atoms with Crippen LogP contribution >= 0.6 is 27.3 Å².